The summed E-state index contributed by atoms with van der Waals surface area (Å²) in [6, 6.07) is 13.9. The first-order valence-electron chi connectivity index (χ1n) is 10.3. The van der Waals surface area contributed by atoms with E-state index in [4.69, 9.17) is 21.3 Å². The number of hydrogen-bond donors (Lipinski definition) is 0. The summed E-state index contributed by atoms with van der Waals surface area (Å²) in [5.41, 5.74) is 2.78. The molecule has 0 N–H and O–H groups in total. The lowest BCUT2D eigenvalue weighted by Gasteiger charge is -2.35. The molecule has 0 saturated carbocycles. The molecule has 0 bridgehead atoms. The van der Waals surface area contributed by atoms with Crippen LogP contribution in [-0.2, 0) is 10.0 Å². The Bertz CT molecular complexity index is 1210. The molecule has 0 aliphatic carbocycles. The number of aromatic nitrogens is 2. The van der Waals surface area contributed by atoms with E-state index in [1.807, 2.05) is 38.1 Å². The lowest BCUT2D eigenvalue weighted by molar-refractivity contribution is 0.383. The minimum absolute atomic E-state index is 0.269. The summed E-state index contributed by atoms with van der Waals surface area (Å²) in [5.74, 6) is 2.09. The molecule has 0 spiro atoms. The van der Waals surface area contributed by atoms with Crippen molar-refractivity contribution in [2.45, 2.75) is 18.7 Å². The van der Waals surface area contributed by atoms with Crippen LogP contribution in [0.15, 0.2) is 53.4 Å². The smallest absolute Gasteiger partial charge is 0.243 e. The van der Waals surface area contributed by atoms with Crippen LogP contribution >= 0.6 is 11.6 Å². The third-order valence-corrected chi connectivity index (χ3v) is 7.87. The monoisotopic (exact) mass is 472 g/mol. The average molecular weight is 473 g/mol. The minimum Gasteiger partial charge on any atom is -0.497 e. The molecule has 1 saturated heterocycles. The van der Waals surface area contributed by atoms with Crippen molar-refractivity contribution in [3.05, 3.63) is 64.8 Å². The van der Waals surface area contributed by atoms with Gasteiger partial charge in [-0.2, -0.15) is 4.31 Å². The Hall–Kier alpha value is -2.68. The Labute approximate surface area is 193 Å². The van der Waals surface area contributed by atoms with Crippen LogP contribution in [0.4, 0.5) is 5.82 Å². The maximum atomic E-state index is 13.0. The molecule has 32 heavy (non-hydrogen) atoms. The van der Waals surface area contributed by atoms with Gasteiger partial charge in [-0.3, -0.25) is 0 Å². The van der Waals surface area contributed by atoms with Gasteiger partial charge >= 0.3 is 0 Å². The molecule has 1 aliphatic heterocycles. The number of nitrogens with zero attached hydrogens (tertiary/aromatic N) is 4. The maximum Gasteiger partial charge on any atom is 0.243 e. The molecule has 2 aromatic carbocycles. The predicted molar refractivity (Wildman–Crippen MR) is 126 cm³/mol. The number of methoxy groups -OCH3 is 1. The third kappa shape index (κ3) is 4.44. The number of halogens is 1. The second kappa shape index (κ2) is 9.05. The van der Waals surface area contributed by atoms with Crippen molar-refractivity contribution in [2.75, 3.05) is 38.2 Å². The third-order valence-electron chi connectivity index (χ3n) is 5.70. The number of hydrogen-bond acceptors (Lipinski definition) is 6. The van der Waals surface area contributed by atoms with Crippen molar-refractivity contribution in [3.8, 4) is 17.1 Å². The fourth-order valence-electron chi connectivity index (χ4n) is 3.69. The van der Waals surface area contributed by atoms with Gasteiger partial charge in [-0.1, -0.05) is 11.6 Å². The standard InChI is InChI=1S/C23H25ClN4O3S/c1-16-17(2)25-22(18-4-6-19(24)7-5-18)26-23(16)27-12-14-28(15-13-27)32(29,30)21-10-8-20(31-3)9-11-21/h4-11H,12-15H2,1-3H3. The summed E-state index contributed by atoms with van der Waals surface area (Å²) in [6.07, 6.45) is 0. The van der Waals surface area contributed by atoms with E-state index in [1.54, 1.807) is 31.4 Å². The van der Waals surface area contributed by atoms with Gasteiger partial charge in [0, 0.05) is 48.0 Å². The molecule has 0 amide bonds. The first-order chi connectivity index (χ1) is 15.3. The number of rotatable bonds is 5. The zero-order valence-corrected chi connectivity index (χ0v) is 19.8. The number of anilines is 1. The Morgan fingerprint density at radius 2 is 1.53 bits per heavy atom. The average Bonchev–Trinajstić information content (AvgIpc) is 2.81. The summed E-state index contributed by atoms with van der Waals surface area (Å²) in [5, 5.41) is 0.659. The van der Waals surface area contributed by atoms with Crippen LogP contribution in [0.3, 0.4) is 0 Å². The molecular formula is C23H25ClN4O3S. The van der Waals surface area contributed by atoms with Crippen LogP contribution in [0.1, 0.15) is 11.3 Å². The molecule has 4 rings (SSSR count). The fraction of sp³-hybridized carbons (Fsp3) is 0.304. The number of piperazine rings is 1. The van der Waals surface area contributed by atoms with E-state index in [-0.39, 0.29) is 4.90 Å². The maximum absolute atomic E-state index is 13.0. The van der Waals surface area contributed by atoms with Crippen LogP contribution in [0, 0.1) is 13.8 Å². The molecule has 9 heteroatoms. The molecule has 0 atom stereocenters. The Balaban J connectivity index is 1.54. The molecule has 168 valence electrons. The summed E-state index contributed by atoms with van der Waals surface area (Å²) in [7, 11) is -2.01. The number of ether oxygens (including phenoxy) is 1. The van der Waals surface area contributed by atoms with E-state index < -0.39 is 10.0 Å². The highest BCUT2D eigenvalue weighted by atomic mass is 35.5. The van der Waals surface area contributed by atoms with Crippen molar-refractivity contribution < 1.29 is 13.2 Å². The Kier molecular flexibility index (Phi) is 6.37. The number of aryl methyl sites for hydroxylation is 1. The first-order valence-corrected chi connectivity index (χ1v) is 12.1. The van der Waals surface area contributed by atoms with Crippen molar-refractivity contribution in [3.63, 3.8) is 0 Å². The van der Waals surface area contributed by atoms with Gasteiger partial charge < -0.3 is 9.64 Å². The normalized spacial score (nSPS) is 15.1. The Morgan fingerprint density at radius 3 is 2.12 bits per heavy atom. The van der Waals surface area contributed by atoms with Gasteiger partial charge in [-0.05, 0) is 62.4 Å². The summed E-state index contributed by atoms with van der Waals surface area (Å²) >= 11 is 6.01. The highest BCUT2D eigenvalue weighted by Crippen LogP contribution is 2.27. The second-order valence-corrected chi connectivity index (χ2v) is 10.0. The molecule has 0 radical (unpaired) electrons. The summed E-state index contributed by atoms with van der Waals surface area (Å²) in [6.45, 7) is 5.82. The molecular weight excluding hydrogens is 448 g/mol. The highest BCUT2D eigenvalue weighted by molar-refractivity contribution is 7.89. The van der Waals surface area contributed by atoms with E-state index in [1.165, 1.54) is 4.31 Å². The molecule has 2 heterocycles. The highest BCUT2D eigenvalue weighted by Gasteiger charge is 2.30. The first kappa shape index (κ1) is 22.5. The van der Waals surface area contributed by atoms with E-state index >= 15 is 0 Å². The lowest BCUT2D eigenvalue weighted by Crippen LogP contribution is -2.49. The molecule has 7 nitrogen and oxygen atoms in total. The van der Waals surface area contributed by atoms with E-state index in [0.717, 1.165) is 22.6 Å². The van der Waals surface area contributed by atoms with Crippen LogP contribution in [0.25, 0.3) is 11.4 Å². The SMILES string of the molecule is COc1ccc(S(=O)(=O)N2CCN(c3nc(-c4ccc(Cl)cc4)nc(C)c3C)CC2)cc1. The van der Waals surface area contributed by atoms with Crippen molar-refractivity contribution >= 4 is 27.4 Å². The van der Waals surface area contributed by atoms with Crippen LogP contribution in [0.2, 0.25) is 5.02 Å². The molecule has 1 aromatic heterocycles. The van der Waals surface area contributed by atoms with Crippen LogP contribution < -0.4 is 9.64 Å². The summed E-state index contributed by atoms with van der Waals surface area (Å²) in [4.78, 5) is 11.8. The predicted octanol–water partition coefficient (Wildman–Crippen LogP) is 3.93. The molecule has 1 aliphatic rings. The zero-order chi connectivity index (χ0) is 22.9. The topological polar surface area (TPSA) is 75.6 Å². The largest absolute Gasteiger partial charge is 0.497 e. The van der Waals surface area contributed by atoms with Crippen molar-refractivity contribution in [1.82, 2.24) is 14.3 Å². The van der Waals surface area contributed by atoms with Gasteiger partial charge in [0.2, 0.25) is 10.0 Å². The fourth-order valence-corrected chi connectivity index (χ4v) is 5.23. The van der Waals surface area contributed by atoms with Crippen molar-refractivity contribution in [1.29, 1.82) is 0 Å². The van der Waals surface area contributed by atoms with Crippen molar-refractivity contribution in [2.24, 2.45) is 0 Å². The summed E-state index contributed by atoms with van der Waals surface area (Å²) < 4.78 is 32.7. The zero-order valence-electron chi connectivity index (χ0n) is 18.2. The number of benzene rings is 2. The molecule has 0 unspecified atom stereocenters. The van der Waals surface area contributed by atoms with Crippen LogP contribution in [-0.4, -0.2) is 56.0 Å². The van der Waals surface area contributed by atoms with Gasteiger partial charge in [-0.15, -0.1) is 0 Å². The molecule has 1 fully saturated rings. The lowest BCUT2D eigenvalue weighted by atomic mass is 10.1. The van der Waals surface area contributed by atoms with Gasteiger partial charge in [-0.25, -0.2) is 18.4 Å². The van der Waals surface area contributed by atoms with E-state index in [2.05, 4.69) is 9.88 Å². The van der Waals surface area contributed by atoms with Gasteiger partial charge in [0.15, 0.2) is 5.82 Å². The van der Waals surface area contributed by atoms with Gasteiger partial charge in [0.1, 0.15) is 11.6 Å². The Morgan fingerprint density at radius 1 is 0.906 bits per heavy atom. The quantitative estimate of drug-likeness (QED) is 0.560. The van der Waals surface area contributed by atoms with Crippen LogP contribution in [0.5, 0.6) is 5.75 Å². The van der Waals surface area contributed by atoms with E-state index in [9.17, 15) is 8.42 Å². The van der Waals surface area contributed by atoms with E-state index in [0.29, 0.717) is 42.8 Å². The second-order valence-electron chi connectivity index (χ2n) is 7.65. The number of sulfonamides is 1. The molecule has 3 aromatic rings. The van der Waals surface area contributed by atoms with Gasteiger partial charge in [0.25, 0.3) is 0 Å². The van der Waals surface area contributed by atoms with Gasteiger partial charge in [0.05, 0.1) is 12.0 Å². The minimum atomic E-state index is -3.56.